The number of guanidine groups is 1. The zero-order valence-corrected chi connectivity index (χ0v) is 14.5. The second-order valence-corrected chi connectivity index (χ2v) is 4.40. The minimum Gasteiger partial charge on any atom is -0.357 e. The maximum atomic E-state index is 13.5. The predicted octanol–water partition coefficient (Wildman–Crippen LogP) is 2.89. The molecule has 6 heteroatoms. The van der Waals surface area contributed by atoms with Crippen LogP contribution in [0.3, 0.4) is 0 Å². The van der Waals surface area contributed by atoms with Gasteiger partial charge in [0.15, 0.2) is 5.96 Å². The highest BCUT2D eigenvalue weighted by Crippen LogP contribution is 2.16. The van der Waals surface area contributed by atoms with Crippen LogP contribution in [-0.4, -0.2) is 19.0 Å². The van der Waals surface area contributed by atoms with E-state index < -0.39 is 0 Å². The lowest BCUT2D eigenvalue weighted by Gasteiger charge is -2.09. The van der Waals surface area contributed by atoms with Gasteiger partial charge in [0.25, 0.3) is 0 Å². The van der Waals surface area contributed by atoms with Gasteiger partial charge in [-0.05, 0) is 25.1 Å². The summed E-state index contributed by atoms with van der Waals surface area (Å²) in [6.07, 6.45) is 5.16. The number of nitrogens with one attached hydrogen (secondary N) is 2. The van der Waals surface area contributed by atoms with Crippen LogP contribution in [0, 0.1) is 18.2 Å². The van der Waals surface area contributed by atoms with Crippen molar-refractivity contribution in [2.45, 2.75) is 13.5 Å². The van der Waals surface area contributed by atoms with E-state index in [9.17, 15) is 4.39 Å². The van der Waals surface area contributed by atoms with Crippen molar-refractivity contribution in [3.63, 3.8) is 0 Å². The average Bonchev–Trinajstić information content (AvgIpc) is 2.36. The van der Waals surface area contributed by atoms with E-state index in [2.05, 4.69) is 37.5 Å². The van der Waals surface area contributed by atoms with Gasteiger partial charge in [-0.3, -0.25) is 0 Å². The fourth-order valence-electron chi connectivity index (χ4n) is 1.31. The Bertz CT molecular complexity index is 471. The first-order chi connectivity index (χ1) is 8.67. The van der Waals surface area contributed by atoms with Crippen LogP contribution in [-0.2, 0) is 6.54 Å². The Morgan fingerprint density at radius 3 is 2.84 bits per heavy atom. The summed E-state index contributed by atoms with van der Waals surface area (Å²) >= 11 is 3.30. The molecule has 0 amide bonds. The molecule has 0 atom stereocenters. The van der Waals surface area contributed by atoms with Gasteiger partial charge in [0.05, 0.1) is 13.1 Å². The number of rotatable bonds is 4. The summed E-state index contributed by atoms with van der Waals surface area (Å²) in [7, 11) is 0. The van der Waals surface area contributed by atoms with E-state index in [0.717, 1.165) is 11.0 Å². The van der Waals surface area contributed by atoms with Crippen LogP contribution in [0.4, 0.5) is 4.39 Å². The smallest absolute Gasteiger partial charge is 0.192 e. The Hall–Kier alpha value is -0.810. The van der Waals surface area contributed by atoms with Gasteiger partial charge in [-0.2, -0.15) is 0 Å². The van der Waals surface area contributed by atoms with Crippen LogP contribution >= 0.6 is 39.9 Å². The van der Waals surface area contributed by atoms with Gasteiger partial charge in [-0.25, -0.2) is 9.38 Å². The lowest BCUT2D eigenvalue weighted by Crippen LogP contribution is -2.37. The van der Waals surface area contributed by atoms with Crippen LogP contribution in [0.2, 0.25) is 0 Å². The van der Waals surface area contributed by atoms with Crippen LogP contribution in [0.1, 0.15) is 12.5 Å². The minimum absolute atomic E-state index is 0. The number of terminal acetylenes is 1. The van der Waals surface area contributed by atoms with Crippen molar-refractivity contribution in [3.8, 4) is 12.3 Å². The number of hydrogen-bond donors (Lipinski definition) is 2. The third-order valence-electron chi connectivity index (χ3n) is 2.12. The summed E-state index contributed by atoms with van der Waals surface area (Å²) in [6.45, 7) is 3.31. The monoisotopic (exact) mass is 439 g/mol. The first-order valence-electron chi connectivity index (χ1n) is 5.57. The number of benzene rings is 1. The normalized spacial score (nSPS) is 10.3. The zero-order valence-electron chi connectivity index (χ0n) is 10.5. The molecule has 0 aliphatic rings. The van der Waals surface area contributed by atoms with E-state index in [0.29, 0.717) is 18.1 Å². The Morgan fingerprint density at radius 2 is 2.21 bits per heavy atom. The number of halogens is 3. The van der Waals surface area contributed by atoms with Gasteiger partial charge in [-0.15, -0.1) is 30.4 Å². The third-order valence-corrected chi connectivity index (χ3v) is 2.61. The highest BCUT2D eigenvalue weighted by molar-refractivity contribution is 14.0. The van der Waals surface area contributed by atoms with Gasteiger partial charge in [0, 0.05) is 16.6 Å². The van der Waals surface area contributed by atoms with Crippen molar-refractivity contribution in [1.29, 1.82) is 0 Å². The van der Waals surface area contributed by atoms with E-state index in [1.807, 2.05) is 6.92 Å². The highest BCUT2D eigenvalue weighted by Gasteiger charge is 2.02. The molecule has 1 rings (SSSR count). The van der Waals surface area contributed by atoms with Crippen LogP contribution in [0.25, 0.3) is 0 Å². The standard InChI is InChI=1S/C13H15BrFN3.HI/c1-3-7-17-13(16-4-2)18-9-10-8-11(14)5-6-12(10)15;/h1,5-6,8H,4,7,9H2,2H3,(H2,16,17,18);1H. The lowest BCUT2D eigenvalue weighted by molar-refractivity contribution is 0.610. The summed E-state index contributed by atoms with van der Waals surface area (Å²) in [4.78, 5) is 4.26. The molecule has 3 nitrogen and oxygen atoms in total. The van der Waals surface area contributed by atoms with Crippen molar-refractivity contribution in [3.05, 3.63) is 34.1 Å². The largest absolute Gasteiger partial charge is 0.357 e. The summed E-state index contributed by atoms with van der Waals surface area (Å²) in [5.74, 6) is 2.77. The van der Waals surface area contributed by atoms with E-state index in [4.69, 9.17) is 6.42 Å². The zero-order chi connectivity index (χ0) is 13.4. The first-order valence-corrected chi connectivity index (χ1v) is 6.36. The molecule has 0 unspecified atom stereocenters. The van der Waals surface area contributed by atoms with Crippen LogP contribution in [0.15, 0.2) is 27.7 Å². The molecule has 19 heavy (non-hydrogen) atoms. The van der Waals surface area contributed by atoms with Gasteiger partial charge in [-0.1, -0.05) is 21.9 Å². The van der Waals surface area contributed by atoms with Crippen LogP contribution in [0.5, 0.6) is 0 Å². The molecule has 0 aliphatic heterocycles. The molecular weight excluding hydrogens is 424 g/mol. The molecule has 0 aromatic heterocycles. The molecule has 104 valence electrons. The Balaban J connectivity index is 0.00000324. The number of nitrogens with zero attached hydrogens (tertiary/aromatic N) is 1. The second kappa shape index (κ2) is 10.0. The molecule has 0 bridgehead atoms. The summed E-state index contributed by atoms with van der Waals surface area (Å²) in [5, 5.41) is 5.97. The van der Waals surface area contributed by atoms with Gasteiger partial charge < -0.3 is 10.6 Å². The number of aliphatic imine (C=N–C) groups is 1. The van der Waals surface area contributed by atoms with Crippen molar-refractivity contribution >= 4 is 45.9 Å². The number of hydrogen-bond acceptors (Lipinski definition) is 1. The second-order valence-electron chi connectivity index (χ2n) is 3.49. The third kappa shape index (κ3) is 6.78. The molecule has 0 saturated heterocycles. The molecule has 1 aromatic carbocycles. The molecule has 0 spiro atoms. The average molecular weight is 440 g/mol. The van der Waals surface area contributed by atoms with E-state index in [-0.39, 0.29) is 36.3 Å². The van der Waals surface area contributed by atoms with E-state index >= 15 is 0 Å². The maximum Gasteiger partial charge on any atom is 0.192 e. The van der Waals surface area contributed by atoms with Crippen molar-refractivity contribution in [1.82, 2.24) is 10.6 Å². The SMILES string of the molecule is C#CCNC(=NCc1cc(Br)ccc1F)NCC.I. The van der Waals surface area contributed by atoms with E-state index in [1.54, 1.807) is 12.1 Å². The molecule has 0 saturated carbocycles. The molecule has 1 aromatic rings. The Labute approximate surface area is 138 Å². The highest BCUT2D eigenvalue weighted by atomic mass is 127. The van der Waals surface area contributed by atoms with Gasteiger partial charge in [0.1, 0.15) is 5.82 Å². The molecular formula is C13H16BrFIN3. The molecule has 0 fully saturated rings. The topological polar surface area (TPSA) is 36.4 Å². The molecule has 0 aliphatic carbocycles. The summed E-state index contributed by atoms with van der Waals surface area (Å²) in [5.41, 5.74) is 0.530. The quantitative estimate of drug-likeness (QED) is 0.327. The fourth-order valence-corrected chi connectivity index (χ4v) is 1.71. The van der Waals surface area contributed by atoms with Gasteiger partial charge >= 0.3 is 0 Å². The summed E-state index contributed by atoms with van der Waals surface area (Å²) < 4.78 is 14.3. The molecule has 2 N–H and O–H groups in total. The van der Waals surface area contributed by atoms with Crippen molar-refractivity contribution in [2.24, 2.45) is 4.99 Å². The lowest BCUT2D eigenvalue weighted by atomic mass is 10.2. The first kappa shape index (κ1) is 18.2. The van der Waals surface area contributed by atoms with Crippen LogP contribution < -0.4 is 10.6 Å². The minimum atomic E-state index is -0.269. The Morgan fingerprint density at radius 1 is 1.47 bits per heavy atom. The molecule has 0 radical (unpaired) electrons. The fraction of sp³-hybridized carbons (Fsp3) is 0.308. The van der Waals surface area contributed by atoms with E-state index in [1.165, 1.54) is 6.07 Å². The van der Waals surface area contributed by atoms with Crippen molar-refractivity contribution in [2.75, 3.05) is 13.1 Å². The van der Waals surface area contributed by atoms with Gasteiger partial charge in [0.2, 0.25) is 0 Å². The molecule has 0 heterocycles. The maximum absolute atomic E-state index is 13.5. The predicted molar refractivity (Wildman–Crippen MR) is 91.2 cm³/mol. The Kier molecular flexibility index (Phi) is 9.61. The van der Waals surface area contributed by atoms with Crippen molar-refractivity contribution < 1.29 is 4.39 Å². The summed E-state index contributed by atoms with van der Waals surface area (Å²) in [6, 6.07) is 4.78.